The molecule has 13 heavy (non-hydrogen) atoms. The van der Waals surface area contributed by atoms with E-state index >= 15 is 0 Å². The Morgan fingerprint density at radius 1 is 1.38 bits per heavy atom. The van der Waals surface area contributed by atoms with Crippen LogP contribution in [-0.2, 0) is 0 Å². The highest BCUT2D eigenvalue weighted by Crippen LogP contribution is 2.08. The summed E-state index contributed by atoms with van der Waals surface area (Å²) in [6, 6.07) is 0.665. The van der Waals surface area contributed by atoms with Gasteiger partial charge in [-0.2, -0.15) is 11.8 Å². The molecular weight excluding hydrogens is 182 g/mol. The Balaban J connectivity index is 1.78. The molecule has 3 nitrogen and oxygen atoms in total. The molecule has 0 bridgehead atoms. The van der Waals surface area contributed by atoms with Crippen LogP contribution < -0.4 is 10.6 Å². The van der Waals surface area contributed by atoms with Gasteiger partial charge in [-0.05, 0) is 25.9 Å². The lowest BCUT2D eigenvalue weighted by atomic mass is 10.1. The van der Waals surface area contributed by atoms with Crippen LogP contribution in [0.1, 0.15) is 12.8 Å². The van der Waals surface area contributed by atoms with Gasteiger partial charge < -0.3 is 10.6 Å². The first-order valence-corrected chi connectivity index (χ1v) is 6.19. The van der Waals surface area contributed by atoms with Crippen LogP contribution in [0, 0.1) is 0 Å². The first kappa shape index (κ1) is 9.34. The Kier molecular flexibility index (Phi) is 3.49. The first-order valence-electron chi connectivity index (χ1n) is 5.03. The summed E-state index contributed by atoms with van der Waals surface area (Å²) in [5.41, 5.74) is 0. The Labute approximate surface area is 83.8 Å². The third kappa shape index (κ3) is 2.88. The second-order valence-corrected chi connectivity index (χ2v) is 4.65. The summed E-state index contributed by atoms with van der Waals surface area (Å²) in [5.74, 6) is 3.50. The predicted octanol–water partition coefficient (Wildman–Crippen LogP) is 0.473. The predicted molar refractivity (Wildman–Crippen MR) is 58.7 cm³/mol. The monoisotopic (exact) mass is 199 g/mol. The number of aliphatic imine (C=N–C) groups is 1. The highest BCUT2D eigenvalue weighted by atomic mass is 32.2. The fourth-order valence-electron chi connectivity index (χ4n) is 1.75. The third-order valence-electron chi connectivity index (χ3n) is 2.49. The van der Waals surface area contributed by atoms with E-state index in [1.165, 1.54) is 24.4 Å². The average molecular weight is 199 g/mol. The standard InChI is InChI=1S/C9H17N3S/c1-3-10-4-2-8(1)12-9-7-13-6-5-11-9/h8,10H,1-7H2,(H,11,12). The maximum atomic E-state index is 4.49. The average Bonchev–Trinajstić information content (AvgIpc) is 2.21. The Morgan fingerprint density at radius 2 is 2.23 bits per heavy atom. The minimum absolute atomic E-state index is 0.665. The molecule has 0 spiro atoms. The lowest BCUT2D eigenvalue weighted by molar-refractivity contribution is 0.428. The van der Waals surface area contributed by atoms with E-state index in [4.69, 9.17) is 0 Å². The molecule has 2 N–H and O–H groups in total. The van der Waals surface area contributed by atoms with Crippen LogP contribution in [0.15, 0.2) is 4.99 Å². The number of piperidine rings is 1. The van der Waals surface area contributed by atoms with E-state index in [2.05, 4.69) is 15.6 Å². The van der Waals surface area contributed by atoms with Gasteiger partial charge in [0.25, 0.3) is 0 Å². The second-order valence-electron chi connectivity index (χ2n) is 3.55. The van der Waals surface area contributed by atoms with E-state index in [1.54, 1.807) is 0 Å². The van der Waals surface area contributed by atoms with Crippen LogP contribution in [0.5, 0.6) is 0 Å². The zero-order chi connectivity index (χ0) is 8.93. The summed E-state index contributed by atoms with van der Waals surface area (Å²) >= 11 is 1.98. The summed E-state index contributed by atoms with van der Waals surface area (Å²) in [4.78, 5) is 4.49. The molecule has 0 atom stereocenters. The Morgan fingerprint density at radius 3 is 2.92 bits per heavy atom. The molecule has 1 fully saturated rings. The van der Waals surface area contributed by atoms with Gasteiger partial charge in [0, 0.05) is 11.8 Å². The van der Waals surface area contributed by atoms with Gasteiger partial charge in [0.1, 0.15) is 5.84 Å². The zero-order valence-corrected chi connectivity index (χ0v) is 8.70. The molecule has 0 saturated carbocycles. The maximum Gasteiger partial charge on any atom is 0.107 e. The zero-order valence-electron chi connectivity index (χ0n) is 7.88. The highest BCUT2D eigenvalue weighted by Gasteiger charge is 2.15. The first-order chi connectivity index (χ1) is 6.45. The Hall–Kier alpha value is -0.220. The molecule has 4 heteroatoms. The molecule has 74 valence electrons. The minimum Gasteiger partial charge on any atom is -0.370 e. The number of nitrogens with zero attached hydrogens (tertiary/aromatic N) is 1. The van der Waals surface area contributed by atoms with Crippen molar-refractivity contribution in [1.82, 2.24) is 10.6 Å². The molecule has 2 rings (SSSR count). The van der Waals surface area contributed by atoms with Crippen molar-refractivity contribution in [2.45, 2.75) is 18.9 Å². The molecule has 0 aromatic heterocycles. The molecular formula is C9H17N3S. The highest BCUT2D eigenvalue weighted by molar-refractivity contribution is 8.00. The van der Waals surface area contributed by atoms with E-state index in [1.807, 2.05) is 11.8 Å². The lowest BCUT2D eigenvalue weighted by Gasteiger charge is -2.26. The van der Waals surface area contributed by atoms with Crippen molar-refractivity contribution in [3.05, 3.63) is 0 Å². The number of hydrogen-bond acceptors (Lipinski definition) is 4. The summed E-state index contributed by atoms with van der Waals surface area (Å²) in [5, 5.41) is 6.91. The molecule has 2 aliphatic rings. The van der Waals surface area contributed by atoms with Crippen LogP contribution >= 0.6 is 11.8 Å². The Bertz CT molecular complexity index is 187. The number of amidine groups is 1. The van der Waals surface area contributed by atoms with Crippen molar-refractivity contribution in [2.75, 3.05) is 31.1 Å². The minimum atomic E-state index is 0.665. The number of rotatable bonds is 1. The van der Waals surface area contributed by atoms with Gasteiger partial charge in [-0.1, -0.05) is 0 Å². The summed E-state index contributed by atoms with van der Waals surface area (Å²) in [6.45, 7) is 3.30. The van der Waals surface area contributed by atoms with Crippen molar-refractivity contribution in [1.29, 1.82) is 0 Å². The smallest absolute Gasteiger partial charge is 0.107 e. The van der Waals surface area contributed by atoms with Gasteiger partial charge in [-0.3, -0.25) is 4.99 Å². The van der Waals surface area contributed by atoms with Crippen molar-refractivity contribution < 1.29 is 0 Å². The summed E-state index contributed by atoms with van der Waals surface area (Å²) in [7, 11) is 0. The molecule has 0 radical (unpaired) electrons. The van der Waals surface area contributed by atoms with Gasteiger partial charge in [0.05, 0.1) is 12.3 Å². The normalized spacial score (nSPS) is 25.4. The molecule has 0 unspecified atom stereocenters. The summed E-state index contributed by atoms with van der Waals surface area (Å²) < 4.78 is 0. The second kappa shape index (κ2) is 4.86. The largest absolute Gasteiger partial charge is 0.370 e. The van der Waals surface area contributed by atoms with Gasteiger partial charge in [0.2, 0.25) is 0 Å². The van der Waals surface area contributed by atoms with E-state index in [0.717, 1.165) is 25.4 Å². The van der Waals surface area contributed by atoms with E-state index < -0.39 is 0 Å². The maximum absolute atomic E-state index is 4.49. The molecule has 0 amide bonds. The topological polar surface area (TPSA) is 36.4 Å². The van der Waals surface area contributed by atoms with Crippen molar-refractivity contribution in [2.24, 2.45) is 4.99 Å². The summed E-state index contributed by atoms with van der Waals surface area (Å²) in [6.07, 6.45) is 2.48. The van der Waals surface area contributed by atoms with Crippen molar-refractivity contribution >= 4 is 17.6 Å². The van der Waals surface area contributed by atoms with Crippen LogP contribution in [0.4, 0.5) is 0 Å². The fraction of sp³-hybridized carbons (Fsp3) is 0.889. The molecule has 0 aliphatic carbocycles. The molecule has 1 saturated heterocycles. The lowest BCUT2D eigenvalue weighted by Crippen LogP contribution is -2.44. The van der Waals surface area contributed by atoms with Crippen molar-refractivity contribution in [3.63, 3.8) is 0 Å². The van der Waals surface area contributed by atoms with Crippen LogP contribution in [0.25, 0.3) is 0 Å². The van der Waals surface area contributed by atoms with Crippen LogP contribution in [0.3, 0.4) is 0 Å². The van der Waals surface area contributed by atoms with Gasteiger partial charge in [-0.25, -0.2) is 0 Å². The number of hydrogen-bond donors (Lipinski definition) is 2. The molecule has 2 aliphatic heterocycles. The van der Waals surface area contributed by atoms with Gasteiger partial charge >= 0.3 is 0 Å². The number of nitrogens with one attached hydrogen (secondary N) is 2. The molecule has 2 heterocycles. The van der Waals surface area contributed by atoms with Gasteiger partial charge in [-0.15, -0.1) is 0 Å². The number of thioether (sulfide) groups is 1. The quantitative estimate of drug-likeness (QED) is 0.644. The van der Waals surface area contributed by atoms with E-state index in [-0.39, 0.29) is 0 Å². The molecule has 0 aromatic carbocycles. The van der Waals surface area contributed by atoms with E-state index in [9.17, 15) is 0 Å². The fourth-order valence-corrected chi connectivity index (χ4v) is 2.48. The SMILES string of the molecule is C1CSCC(NC2CCNCC2)=N1. The van der Waals surface area contributed by atoms with Crippen molar-refractivity contribution in [3.8, 4) is 0 Å². The molecule has 0 aromatic rings. The third-order valence-corrected chi connectivity index (χ3v) is 3.44. The van der Waals surface area contributed by atoms with Crippen LogP contribution in [-0.4, -0.2) is 43.0 Å². The van der Waals surface area contributed by atoms with Gasteiger partial charge in [0.15, 0.2) is 0 Å². The van der Waals surface area contributed by atoms with E-state index in [0.29, 0.717) is 6.04 Å². The van der Waals surface area contributed by atoms with Crippen LogP contribution in [0.2, 0.25) is 0 Å².